The van der Waals surface area contributed by atoms with Gasteiger partial charge in [0.1, 0.15) is 4.90 Å². The van der Waals surface area contributed by atoms with Crippen molar-refractivity contribution in [2.24, 2.45) is 0 Å². The zero-order valence-corrected chi connectivity index (χ0v) is 16.5. The second-order valence-corrected chi connectivity index (χ2v) is 10.8. The second kappa shape index (κ2) is 5.70. The number of rotatable bonds is 3. The minimum absolute atomic E-state index is 0.132. The number of hydrogen-bond donors (Lipinski definition) is 0. The predicted octanol–water partition coefficient (Wildman–Crippen LogP) is 8.18. The Morgan fingerprint density at radius 3 is 2.21 bits per heavy atom. The van der Waals surface area contributed by atoms with Crippen LogP contribution in [0.2, 0.25) is 0 Å². The molecule has 29 heavy (non-hydrogen) atoms. The van der Waals surface area contributed by atoms with Crippen molar-refractivity contribution in [3.05, 3.63) is 72.3 Å². The molecule has 0 radical (unpaired) electrons. The Kier molecular flexibility index (Phi) is 3.86. The summed E-state index contributed by atoms with van der Waals surface area (Å²) in [7, 11) is -9.57. The number of benzene rings is 3. The molecule has 0 saturated carbocycles. The van der Waals surface area contributed by atoms with Crippen molar-refractivity contribution in [1.82, 2.24) is 0 Å². The first-order valence-corrected chi connectivity index (χ1v) is 11.5. The summed E-state index contributed by atoms with van der Waals surface area (Å²) in [4.78, 5) is 10.1. The van der Waals surface area contributed by atoms with E-state index < -0.39 is 31.6 Å². The Balaban J connectivity index is 2.06. The molecule has 0 fully saturated rings. The summed E-state index contributed by atoms with van der Waals surface area (Å²) < 4.78 is 72.8. The number of hydrogen-bond acceptors (Lipinski definition) is 2. The molecule has 0 spiro atoms. The lowest BCUT2D eigenvalue weighted by Crippen LogP contribution is -2.05. The van der Waals surface area contributed by atoms with Gasteiger partial charge in [-0.2, -0.15) is 0 Å². The Bertz CT molecular complexity index is 1290. The molecule has 0 N–H and O–H groups in total. The molecule has 9 heteroatoms. The van der Waals surface area contributed by atoms with Crippen LogP contribution in [0, 0.1) is 0 Å². The molecule has 0 aliphatic rings. The normalized spacial score (nSPS) is 15.2. The smallest absolute Gasteiger partial charge is 0.337 e. The van der Waals surface area contributed by atoms with Gasteiger partial charge in [0, 0.05) is 27.3 Å². The van der Waals surface area contributed by atoms with Crippen molar-refractivity contribution < 1.29 is 29.0 Å². The zero-order valence-electron chi connectivity index (χ0n) is 14.9. The van der Waals surface area contributed by atoms with Gasteiger partial charge < -0.3 is 4.74 Å². The number of ether oxygens (including phenoxy) is 1. The Morgan fingerprint density at radius 2 is 1.52 bits per heavy atom. The van der Waals surface area contributed by atoms with E-state index >= 15 is 0 Å². The molecular weight excluding hydrogens is 431 g/mol. The summed E-state index contributed by atoms with van der Waals surface area (Å²) in [6.45, 7) is 0. The highest BCUT2D eigenvalue weighted by Gasteiger charge is 2.65. The molecular formula is C20H14F5O2S2+. The number of esters is 1. The molecule has 4 rings (SSSR count). The van der Waals surface area contributed by atoms with Gasteiger partial charge in [-0.1, -0.05) is 37.6 Å². The summed E-state index contributed by atoms with van der Waals surface area (Å²) in [5.74, 6) is -0.542. The fourth-order valence-electron chi connectivity index (χ4n) is 3.24. The van der Waals surface area contributed by atoms with Gasteiger partial charge in [-0.15, -0.1) is 0 Å². The van der Waals surface area contributed by atoms with E-state index in [1.165, 1.54) is 19.2 Å². The van der Waals surface area contributed by atoms with Crippen LogP contribution in [0.5, 0.6) is 0 Å². The summed E-state index contributed by atoms with van der Waals surface area (Å²) in [5.41, 5.74) is 0.298. The van der Waals surface area contributed by atoms with E-state index in [1.54, 1.807) is 36.4 Å². The van der Waals surface area contributed by atoms with Gasteiger partial charge in [0.2, 0.25) is 0 Å². The van der Waals surface area contributed by atoms with Gasteiger partial charge in [-0.3, -0.25) is 0 Å². The van der Waals surface area contributed by atoms with Crippen LogP contribution in [0.15, 0.2) is 71.6 Å². The quantitative estimate of drug-likeness (QED) is 0.181. The van der Waals surface area contributed by atoms with Crippen LogP contribution in [0.1, 0.15) is 10.4 Å². The van der Waals surface area contributed by atoms with E-state index in [4.69, 9.17) is 4.74 Å². The lowest BCUT2D eigenvalue weighted by Gasteiger charge is -2.40. The number of fused-ring (bicyclic) bond motifs is 3. The van der Waals surface area contributed by atoms with Gasteiger partial charge in [0.25, 0.3) is 0 Å². The Morgan fingerprint density at radius 1 is 0.828 bits per heavy atom. The maximum absolute atomic E-state index is 13.3. The third kappa shape index (κ3) is 3.44. The number of carbonyl (C=O) groups excluding carboxylic acids is 1. The molecule has 1 heterocycles. The first-order chi connectivity index (χ1) is 13.4. The maximum atomic E-state index is 13.3. The van der Waals surface area contributed by atoms with E-state index in [9.17, 15) is 24.2 Å². The van der Waals surface area contributed by atoms with Crippen molar-refractivity contribution in [3.63, 3.8) is 0 Å². The fraction of sp³-hybridized carbons (Fsp3) is 0.0500. The molecule has 152 valence electrons. The lowest BCUT2D eigenvalue weighted by molar-refractivity contribution is 0.0601. The Labute approximate surface area is 165 Å². The topological polar surface area (TPSA) is 26.3 Å². The van der Waals surface area contributed by atoms with Crippen LogP contribution in [0.3, 0.4) is 0 Å². The summed E-state index contributed by atoms with van der Waals surface area (Å²) in [6, 6.07) is 15.2. The van der Waals surface area contributed by atoms with Crippen molar-refractivity contribution >= 4 is 46.8 Å². The fourth-order valence-corrected chi connectivity index (χ4v) is 6.41. The van der Waals surface area contributed by atoms with Crippen LogP contribution in [-0.4, -0.2) is 13.1 Å². The zero-order chi connectivity index (χ0) is 21.1. The van der Waals surface area contributed by atoms with Crippen molar-refractivity contribution in [1.29, 1.82) is 0 Å². The minimum atomic E-state index is -9.80. The van der Waals surface area contributed by atoms with Crippen LogP contribution in [0.4, 0.5) is 19.4 Å². The molecule has 0 amide bonds. The van der Waals surface area contributed by atoms with Crippen molar-refractivity contribution in [2.45, 2.75) is 4.90 Å². The number of methoxy groups -OCH3 is 1. The van der Waals surface area contributed by atoms with Crippen LogP contribution < -0.4 is 0 Å². The number of carbonyl (C=O) groups is 1. The number of thiophene rings is 1. The van der Waals surface area contributed by atoms with E-state index in [0.29, 0.717) is 32.5 Å². The van der Waals surface area contributed by atoms with Gasteiger partial charge in [0.05, 0.1) is 12.7 Å². The van der Waals surface area contributed by atoms with Crippen LogP contribution >= 0.6 is 20.7 Å². The second-order valence-electron chi connectivity index (χ2n) is 6.45. The maximum Gasteiger partial charge on any atom is 0.337 e. The monoisotopic (exact) mass is 445 g/mol. The van der Waals surface area contributed by atoms with Crippen molar-refractivity contribution in [2.75, 3.05) is 7.11 Å². The molecule has 3 aromatic carbocycles. The van der Waals surface area contributed by atoms with Crippen molar-refractivity contribution in [3.8, 4) is 4.90 Å². The molecule has 4 aromatic rings. The molecule has 0 aliphatic heterocycles. The highest BCUT2D eigenvalue weighted by atomic mass is 32.5. The lowest BCUT2D eigenvalue weighted by atomic mass is 10.1. The summed E-state index contributed by atoms with van der Waals surface area (Å²) in [6.07, 6.45) is 0. The van der Waals surface area contributed by atoms with E-state index in [-0.39, 0.29) is 4.90 Å². The highest BCUT2D eigenvalue weighted by molar-refractivity contribution is 8.45. The highest BCUT2D eigenvalue weighted by Crippen LogP contribution is 3.02. The third-order valence-corrected chi connectivity index (χ3v) is 7.97. The average molecular weight is 445 g/mol. The van der Waals surface area contributed by atoms with E-state index in [0.717, 1.165) is 11.5 Å². The third-order valence-electron chi connectivity index (χ3n) is 4.50. The Hall–Kier alpha value is -2.65. The van der Waals surface area contributed by atoms with Gasteiger partial charge in [-0.25, -0.2) is 4.79 Å². The molecule has 1 unspecified atom stereocenters. The molecule has 0 aliphatic carbocycles. The van der Waals surface area contributed by atoms with Crippen LogP contribution in [-0.2, 0) is 4.74 Å². The minimum Gasteiger partial charge on any atom is -0.465 e. The van der Waals surface area contributed by atoms with E-state index in [1.807, 2.05) is 0 Å². The first kappa shape index (κ1) is 19.7. The summed E-state index contributed by atoms with van der Waals surface area (Å²) >= 11 is 0. The largest absolute Gasteiger partial charge is 0.465 e. The van der Waals surface area contributed by atoms with Gasteiger partial charge in [0.15, 0.2) is 14.3 Å². The molecule has 1 atom stereocenters. The summed E-state index contributed by atoms with van der Waals surface area (Å²) in [5, 5.41) is 1.42. The van der Waals surface area contributed by atoms with Gasteiger partial charge >= 0.3 is 16.2 Å². The average Bonchev–Trinajstić information content (AvgIpc) is 2.99. The number of halogens is 5. The molecule has 1 aromatic heterocycles. The molecule has 0 bridgehead atoms. The van der Waals surface area contributed by atoms with Gasteiger partial charge in [-0.05, 0) is 42.5 Å². The predicted molar refractivity (Wildman–Crippen MR) is 108 cm³/mol. The van der Waals surface area contributed by atoms with Crippen LogP contribution in [0.25, 0.3) is 25.1 Å². The molecule has 2 nitrogen and oxygen atoms in total. The van der Waals surface area contributed by atoms with E-state index in [2.05, 4.69) is 0 Å². The first-order valence-electron chi connectivity index (χ1n) is 8.29. The standard InChI is InChI=1S/C20H14F5O2S2/c1-27-20(26)13-9-10-19-17(11-13)16-7-2-3-8-18(16)28(19)14-5-4-6-15(12-14)29(21,22,23,24)25/h2-12H,1H3/q+1. The SMILES string of the molecule is COC(=O)c1ccc2c(c1)c1ccccc1[s+]2-c1cccc(S(F)(F)(F)(F)F)c1. The molecule has 0 saturated heterocycles.